The van der Waals surface area contributed by atoms with E-state index in [0.29, 0.717) is 11.1 Å². The molecule has 7 heteroatoms. The number of aliphatic hydroxyl groups excluding tert-OH is 2. The quantitative estimate of drug-likeness (QED) is 0.294. The van der Waals surface area contributed by atoms with Gasteiger partial charge < -0.3 is 25.2 Å². The van der Waals surface area contributed by atoms with Crippen molar-refractivity contribution in [1.29, 1.82) is 0 Å². The summed E-state index contributed by atoms with van der Waals surface area (Å²) in [6.45, 7) is 9.98. The van der Waals surface area contributed by atoms with E-state index in [4.69, 9.17) is 4.74 Å². The fraction of sp³-hybridized carbons (Fsp3) is 0.680. The SMILES string of the molecule is C/C=C(\C)C(=O)O[C@H]1C(C)=CC23C(=O)[C@@H](C=C(CO)[C@@H](O)[C@]12O)[C@@H]1C(C)(C)[C@]1(O)CC3C. The molecule has 4 aliphatic rings. The smallest absolute Gasteiger partial charge is 0.334 e. The Morgan fingerprint density at radius 1 is 1.31 bits per heavy atom. The second-order valence-corrected chi connectivity index (χ2v) is 10.8. The Morgan fingerprint density at radius 3 is 2.50 bits per heavy atom. The molecule has 2 fully saturated rings. The molecule has 2 saturated carbocycles. The van der Waals surface area contributed by atoms with Crippen molar-refractivity contribution >= 4 is 11.8 Å². The van der Waals surface area contributed by atoms with Gasteiger partial charge in [0.1, 0.15) is 6.10 Å². The second kappa shape index (κ2) is 6.86. The lowest BCUT2D eigenvalue weighted by atomic mass is 9.59. The van der Waals surface area contributed by atoms with Crippen LogP contribution in [0.1, 0.15) is 48.0 Å². The minimum absolute atomic E-state index is 0.0961. The molecule has 0 radical (unpaired) electrons. The van der Waals surface area contributed by atoms with E-state index in [1.165, 1.54) is 6.08 Å². The number of carbonyl (C=O) groups is 2. The van der Waals surface area contributed by atoms with E-state index in [0.717, 1.165) is 0 Å². The Bertz CT molecular complexity index is 975. The number of fused-ring (bicyclic) bond motifs is 3. The third kappa shape index (κ3) is 2.45. The molecule has 32 heavy (non-hydrogen) atoms. The summed E-state index contributed by atoms with van der Waals surface area (Å²) in [4.78, 5) is 26.8. The average Bonchev–Trinajstić information content (AvgIpc) is 3.10. The van der Waals surface area contributed by atoms with Crippen molar-refractivity contribution in [1.82, 2.24) is 0 Å². The van der Waals surface area contributed by atoms with Crippen molar-refractivity contribution in [3.05, 3.63) is 34.9 Å². The van der Waals surface area contributed by atoms with Crippen LogP contribution in [0, 0.1) is 28.6 Å². The molecular weight excluding hydrogens is 412 g/mol. The summed E-state index contributed by atoms with van der Waals surface area (Å²) in [6.07, 6.45) is 2.08. The van der Waals surface area contributed by atoms with Gasteiger partial charge in [0.05, 0.1) is 17.6 Å². The first-order chi connectivity index (χ1) is 14.8. The molecule has 4 rings (SSSR count). The van der Waals surface area contributed by atoms with Gasteiger partial charge in [-0.1, -0.05) is 39.0 Å². The minimum atomic E-state index is -2.21. The molecule has 2 unspecified atom stereocenters. The first kappa shape index (κ1) is 23.4. The van der Waals surface area contributed by atoms with Gasteiger partial charge in [-0.2, -0.15) is 0 Å². The van der Waals surface area contributed by atoms with Crippen LogP contribution in [0.15, 0.2) is 34.9 Å². The van der Waals surface area contributed by atoms with Crippen LogP contribution in [0.25, 0.3) is 0 Å². The van der Waals surface area contributed by atoms with Gasteiger partial charge in [-0.05, 0) is 44.3 Å². The molecule has 0 aromatic carbocycles. The van der Waals surface area contributed by atoms with Gasteiger partial charge in [0, 0.05) is 22.8 Å². The lowest BCUT2D eigenvalue weighted by Gasteiger charge is -2.49. The molecule has 4 N–H and O–H groups in total. The van der Waals surface area contributed by atoms with Gasteiger partial charge in [-0.15, -0.1) is 0 Å². The number of ether oxygens (including phenoxy) is 1. The van der Waals surface area contributed by atoms with Crippen molar-refractivity contribution in [2.75, 3.05) is 6.61 Å². The molecule has 0 saturated heterocycles. The lowest BCUT2D eigenvalue weighted by Crippen LogP contribution is -2.66. The van der Waals surface area contributed by atoms with Crippen molar-refractivity contribution in [2.24, 2.45) is 28.6 Å². The molecule has 8 atom stereocenters. The number of hydrogen-bond acceptors (Lipinski definition) is 7. The van der Waals surface area contributed by atoms with Gasteiger partial charge in [0.2, 0.25) is 0 Å². The van der Waals surface area contributed by atoms with Crippen LogP contribution >= 0.6 is 0 Å². The number of rotatable bonds is 3. The maximum absolute atomic E-state index is 14.2. The third-order valence-electron chi connectivity index (χ3n) is 9.04. The maximum atomic E-state index is 14.2. The predicted octanol–water partition coefficient (Wildman–Crippen LogP) is 1.45. The molecular formula is C25H34O7. The van der Waals surface area contributed by atoms with Crippen molar-refractivity contribution in [3.8, 4) is 0 Å². The molecule has 0 aromatic heterocycles. The van der Waals surface area contributed by atoms with Crippen LogP contribution in [-0.2, 0) is 14.3 Å². The minimum Gasteiger partial charge on any atom is -0.451 e. The highest BCUT2D eigenvalue weighted by molar-refractivity contribution is 5.96. The van der Waals surface area contributed by atoms with Crippen LogP contribution in [-0.4, -0.2) is 62.2 Å². The molecule has 0 amide bonds. The number of allylic oxidation sites excluding steroid dienone is 2. The molecule has 0 aromatic rings. The summed E-state index contributed by atoms with van der Waals surface area (Å²) in [5, 5.41) is 45.2. The van der Waals surface area contributed by atoms with E-state index in [9.17, 15) is 30.0 Å². The van der Waals surface area contributed by atoms with Crippen LogP contribution < -0.4 is 0 Å². The van der Waals surface area contributed by atoms with Crippen molar-refractivity contribution < 1.29 is 34.8 Å². The normalized spacial score (nSPS) is 46.9. The summed E-state index contributed by atoms with van der Waals surface area (Å²) >= 11 is 0. The molecule has 4 aliphatic carbocycles. The maximum Gasteiger partial charge on any atom is 0.334 e. The van der Waals surface area contributed by atoms with Gasteiger partial charge in [0.15, 0.2) is 17.5 Å². The fourth-order valence-corrected chi connectivity index (χ4v) is 7.01. The number of hydrogen-bond donors (Lipinski definition) is 4. The van der Waals surface area contributed by atoms with E-state index in [2.05, 4.69) is 0 Å². The standard InChI is InChI=1S/C25H34O7/c1-7-12(2)21(29)32-20-13(3)9-23-14(4)10-24(30)17(22(24,5)6)16(19(23)28)8-15(11-26)18(27)25(20,23)31/h7-9,14,16-18,20,26-27,30-31H,10-11H2,1-6H3/b12-7+/t14?,16-,17+,18+,20-,23?,24-,25-/m0/s1. The zero-order chi connectivity index (χ0) is 24.0. The first-order valence-corrected chi connectivity index (χ1v) is 11.3. The van der Waals surface area contributed by atoms with Crippen LogP contribution in [0.5, 0.6) is 0 Å². The molecule has 0 heterocycles. The topological polar surface area (TPSA) is 124 Å². The summed E-state index contributed by atoms with van der Waals surface area (Å²) < 4.78 is 5.69. The highest BCUT2D eigenvalue weighted by Gasteiger charge is 2.81. The third-order valence-corrected chi connectivity index (χ3v) is 9.04. The van der Waals surface area contributed by atoms with E-state index < -0.39 is 64.6 Å². The molecule has 2 bridgehead atoms. The fourth-order valence-electron chi connectivity index (χ4n) is 7.01. The highest BCUT2D eigenvalue weighted by Crippen LogP contribution is 2.73. The molecule has 0 aliphatic heterocycles. The molecule has 176 valence electrons. The van der Waals surface area contributed by atoms with E-state index in [1.54, 1.807) is 39.8 Å². The number of esters is 1. The van der Waals surface area contributed by atoms with Crippen molar-refractivity contribution in [3.63, 3.8) is 0 Å². The highest BCUT2D eigenvalue weighted by atomic mass is 16.6. The van der Waals surface area contributed by atoms with Gasteiger partial charge >= 0.3 is 5.97 Å². The van der Waals surface area contributed by atoms with E-state index in [-0.39, 0.29) is 17.8 Å². The van der Waals surface area contributed by atoms with Gasteiger partial charge in [-0.25, -0.2) is 4.79 Å². The summed E-state index contributed by atoms with van der Waals surface area (Å²) in [5.41, 5.74) is -4.55. The van der Waals surface area contributed by atoms with Gasteiger partial charge in [0.25, 0.3) is 0 Å². The van der Waals surface area contributed by atoms with E-state index >= 15 is 0 Å². The molecule has 7 nitrogen and oxygen atoms in total. The summed E-state index contributed by atoms with van der Waals surface area (Å²) in [7, 11) is 0. The second-order valence-electron chi connectivity index (χ2n) is 10.8. The van der Waals surface area contributed by atoms with Gasteiger partial charge in [-0.3, -0.25) is 4.79 Å². The van der Waals surface area contributed by atoms with Crippen LogP contribution in [0.4, 0.5) is 0 Å². The Morgan fingerprint density at radius 2 is 1.94 bits per heavy atom. The Balaban J connectivity index is 1.94. The average molecular weight is 447 g/mol. The molecule has 1 spiro atoms. The summed E-state index contributed by atoms with van der Waals surface area (Å²) in [6, 6.07) is 0. The summed E-state index contributed by atoms with van der Waals surface area (Å²) in [5.74, 6) is -2.72. The predicted molar refractivity (Wildman–Crippen MR) is 116 cm³/mol. The number of aliphatic hydroxyl groups is 4. The van der Waals surface area contributed by atoms with E-state index in [1.807, 2.05) is 13.8 Å². The number of carbonyl (C=O) groups excluding carboxylic acids is 2. The Hall–Kier alpha value is -1.80. The monoisotopic (exact) mass is 446 g/mol. The Kier molecular flexibility index (Phi) is 5.00. The van der Waals surface area contributed by atoms with Crippen molar-refractivity contribution in [2.45, 2.75) is 71.4 Å². The van der Waals surface area contributed by atoms with Crippen LogP contribution in [0.3, 0.4) is 0 Å². The number of ketones is 1. The first-order valence-electron chi connectivity index (χ1n) is 11.3. The largest absolute Gasteiger partial charge is 0.451 e. The zero-order valence-electron chi connectivity index (χ0n) is 19.5. The van der Waals surface area contributed by atoms with Crippen LogP contribution in [0.2, 0.25) is 0 Å². The Labute approximate surface area is 188 Å². The zero-order valence-corrected chi connectivity index (χ0v) is 19.5. The number of Topliss-reactive ketones (excluding diaryl/α,β-unsaturated/α-hetero) is 1. The lowest BCUT2D eigenvalue weighted by molar-refractivity contribution is -0.202.